The molecule has 0 bridgehead atoms. The van der Waals surface area contributed by atoms with Gasteiger partial charge in [-0.15, -0.1) is 0 Å². The lowest BCUT2D eigenvalue weighted by molar-refractivity contribution is 0.0588. The second-order valence-electron chi connectivity index (χ2n) is 6.42. The van der Waals surface area contributed by atoms with Gasteiger partial charge in [-0.2, -0.15) is 0 Å². The average Bonchev–Trinajstić information content (AvgIpc) is 2.81. The molecular weight excluding hydrogens is 318 g/mol. The van der Waals surface area contributed by atoms with Gasteiger partial charge in [-0.1, -0.05) is 26.0 Å². The van der Waals surface area contributed by atoms with Crippen LogP contribution >= 0.6 is 0 Å². The highest BCUT2D eigenvalue weighted by Crippen LogP contribution is 2.24. The average molecular weight is 343 g/mol. The number of hydrogen-bond acceptors (Lipinski definition) is 4. The van der Waals surface area contributed by atoms with Crippen molar-refractivity contribution in [2.75, 3.05) is 13.7 Å². The summed E-state index contributed by atoms with van der Waals surface area (Å²) in [7, 11) is 3.08. The van der Waals surface area contributed by atoms with Crippen LogP contribution in [0.1, 0.15) is 57.4 Å². The molecule has 0 unspecified atom stereocenters. The van der Waals surface area contributed by atoms with Crippen molar-refractivity contribution >= 4 is 11.8 Å². The molecule has 0 radical (unpaired) electrons. The van der Waals surface area contributed by atoms with Crippen LogP contribution in [0.15, 0.2) is 24.3 Å². The van der Waals surface area contributed by atoms with E-state index in [0.717, 1.165) is 11.3 Å². The molecule has 0 N–H and O–H groups in total. The third kappa shape index (κ3) is 3.76. The van der Waals surface area contributed by atoms with Gasteiger partial charge in [0.25, 0.3) is 0 Å². The Hall–Kier alpha value is -2.56. The molecule has 134 valence electrons. The molecule has 1 aromatic heterocycles. The van der Waals surface area contributed by atoms with Crippen LogP contribution in [-0.2, 0) is 11.8 Å². The van der Waals surface area contributed by atoms with Crippen LogP contribution in [0.2, 0.25) is 0 Å². The van der Waals surface area contributed by atoms with Gasteiger partial charge in [-0.25, -0.2) is 4.79 Å². The van der Waals surface area contributed by atoms with Crippen LogP contribution in [0.4, 0.5) is 0 Å². The maximum Gasteiger partial charge on any atom is 0.354 e. The Morgan fingerprint density at radius 2 is 1.88 bits per heavy atom. The number of nitrogens with zero attached hydrogens (tertiary/aromatic N) is 1. The monoisotopic (exact) mass is 343 g/mol. The van der Waals surface area contributed by atoms with Crippen LogP contribution in [0.25, 0.3) is 0 Å². The van der Waals surface area contributed by atoms with E-state index in [-0.39, 0.29) is 12.4 Å². The summed E-state index contributed by atoms with van der Waals surface area (Å²) in [4.78, 5) is 24.6. The van der Waals surface area contributed by atoms with Gasteiger partial charge in [-0.05, 0) is 43.0 Å². The van der Waals surface area contributed by atoms with E-state index in [4.69, 9.17) is 9.47 Å². The van der Waals surface area contributed by atoms with Crippen LogP contribution in [0.5, 0.6) is 5.75 Å². The largest absolute Gasteiger partial charge is 0.485 e. The van der Waals surface area contributed by atoms with Gasteiger partial charge in [0, 0.05) is 18.3 Å². The number of benzene rings is 1. The topological polar surface area (TPSA) is 57.5 Å². The Kier molecular flexibility index (Phi) is 5.67. The van der Waals surface area contributed by atoms with Crippen molar-refractivity contribution in [3.05, 3.63) is 52.3 Å². The molecule has 1 heterocycles. The molecule has 0 spiro atoms. The molecule has 5 nitrogen and oxygen atoms in total. The van der Waals surface area contributed by atoms with E-state index < -0.39 is 5.97 Å². The van der Waals surface area contributed by atoms with E-state index in [1.165, 1.54) is 7.11 Å². The first-order chi connectivity index (χ1) is 11.8. The molecular formula is C20H25NO4. The summed E-state index contributed by atoms with van der Waals surface area (Å²) < 4.78 is 12.2. The van der Waals surface area contributed by atoms with Gasteiger partial charge in [-0.3, -0.25) is 4.79 Å². The molecule has 0 amide bonds. The number of carbonyl (C=O) groups excluding carboxylic acids is 2. The van der Waals surface area contributed by atoms with Crippen molar-refractivity contribution < 1.29 is 19.1 Å². The summed E-state index contributed by atoms with van der Waals surface area (Å²) in [5, 5.41) is 0. The minimum absolute atomic E-state index is 0.0755. The zero-order chi connectivity index (χ0) is 18.7. The molecule has 0 saturated heterocycles. The molecule has 0 fully saturated rings. The molecule has 2 rings (SSSR count). The van der Waals surface area contributed by atoms with E-state index in [2.05, 4.69) is 13.8 Å². The Morgan fingerprint density at radius 3 is 2.48 bits per heavy atom. The fourth-order valence-electron chi connectivity index (χ4n) is 2.96. The number of rotatable bonds is 6. The fourth-order valence-corrected chi connectivity index (χ4v) is 2.96. The van der Waals surface area contributed by atoms with E-state index in [0.29, 0.717) is 28.5 Å². The Labute approximate surface area is 148 Å². The van der Waals surface area contributed by atoms with Gasteiger partial charge >= 0.3 is 5.97 Å². The maximum atomic E-state index is 12.7. The number of esters is 1. The smallest absolute Gasteiger partial charge is 0.354 e. The lowest BCUT2D eigenvalue weighted by Crippen LogP contribution is -2.13. The summed E-state index contributed by atoms with van der Waals surface area (Å²) in [6, 6.07) is 7.74. The maximum absolute atomic E-state index is 12.7. The minimum atomic E-state index is -0.451. The van der Waals surface area contributed by atoms with Gasteiger partial charge in [0.05, 0.1) is 7.11 Å². The molecule has 1 aromatic carbocycles. The predicted molar refractivity (Wildman–Crippen MR) is 96.6 cm³/mol. The summed E-state index contributed by atoms with van der Waals surface area (Å²) in [6.07, 6.45) is 0. The van der Waals surface area contributed by atoms with Crippen molar-refractivity contribution in [3.63, 3.8) is 0 Å². The molecule has 25 heavy (non-hydrogen) atoms. The van der Waals surface area contributed by atoms with E-state index in [1.54, 1.807) is 18.5 Å². The number of hydrogen-bond donors (Lipinski definition) is 0. The normalized spacial score (nSPS) is 10.8. The molecule has 0 atom stereocenters. The first-order valence-corrected chi connectivity index (χ1v) is 8.28. The molecule has 0 aliphatic rings. The molecule has 0 aliphatic heterocycles. The highest BCUT2D eigenvalue weighted by Gasteiger charge is 2.25. The highest BCUT2D eigenvalue weighted by molar-refractivity contribution is 6.03. The van der Waals surface area contributed by atoms with Gasteiger partial charge in [0.15, 0.2) is 6.61 Å². The molecule has 2 aromatic rings. The van der Waals surface area contributed by atoms with Crippen molar-refractivity contribution in [1.29, 1.82) is 0 Å². The fraction of sp³-hybridized carbons (Fsp3) is 0.400. The minimum Gasteiger partial charge on any atom is -0.485 e. The van der Waals surface area contributed by atoms with Gasteiger partial charge < -0.3 is 14.0 Å². The first kappa shape index (κ1) is 18.8. The highest BCUT2D eigenvalue weighted by atomic mass is 16.5. The van der Waals surface area contributed by atoms with Crippen molar-refractivity contribution in [2.45, 2.75) is 33.6 Å². The number of carbonyl (C=O) groups is 2. The molecule has 0 saturated carbocycles. The Bertz CT molecular complexity index is 802. The Balaban J connectivity index is 2.22. The van der Waals surface area contributed by atoms with E-state index >= 15 is 0 Å². The number of ether oxygens (including phenoxy) is 2. The number of Topliss-reactive ketones (excluding diaryl/α,β-unsaturated/α-hetero) is 1. The standard InChI is InChI=1S/C20H25NO4/c1-12(2)15-8-7-9-16(10-15)25-11-17(22)18-13(3)19(20(23)24-6)21(5)14(18)4/h7-10,12H,11H2,1-6H3. The second kappa shape index (κ2) is 7.55. The van der Waals surface area contributed by atoms with Crippen LogP contribution in [0.3, 0.4) is 0 Å². The van der Waals surface area contributed by atoms with E-state index in [9.17, 15) is 9.59 Å². The summed E-state index contributed by atoms with van der Waals surface area (Å²) in [6.45, 7) is 7.70. The van der Waals surface area contributed by atoms with Crippen LogP contribution in [0, 0.1) is 13.8 Å². The molecule has 0 aliphatic carbocycles. The molecule has 5 heteroatoms. The summed E-state index contributed by atoms with van der Waals surface area (Å²) >= 11 is 0. The van der Waals surface area contributed by atoms with Crippen LogP contribution in [-0.4, -0.2) is 30.0 Å². The third-order valence-electron chi connectivity index (χ3n) is 4.48. The third-order valence-corrected chi connectivity index (χ3v) is 4.48. The van der Waals surface area contributed by atoms with Crippen molar-refractivity contribution in [3.8, 4) is 5.75 Å². The SMILES string of the molecule is COC(=O)c1c(C)c(C(=O)COc2cccc(C(C)C)c2)c(C)n1C. The van der Waals surface area contributed by atoms with Crippen molar-refractivity contribution in [1.82, 2.24) is 4.57 Å². The Morgan fingerprint density at radius 1 is 1.20 bits per heavy atom. The quantitative estimate of drug-likeness (QED) is 0.591. The predicted octanol–water partition coefficient (Wildman–Crippen LogP) is 3.81. The first-order valence-electron chi connectivity index (χ1n) is 8.28. The van der Waals surface area contributed by atoms with Gasteiger partial charge in [0.1, 0.15) is 11.4 Å². The number of aromatic nitrogens is 1. The number of methoxy groups -OCH3 is 1. The number of ketones is 1. The zero-order valence-corrected chi connectivity index (χ0v) is 15.7. The second-order valence-corrected chi connectivity index (χ2v) is 6.42. The van der Waals surface area contributed by atoms with Crippen molar-refractivity contribution in [2.24, 2.45) is 7.05 Å². The zero-order valence-electron chi connectivity index (χ0n) is 15.7. The summed E-state index contributed by atoms with van der Waals surface area (Å²) in [5.74, 6) is 0.447. The summed E-state index contributed by atoms with van der Waals surface area (Å²) in [5.41, 5.74) is 3.41. The van der Waals surface area contributed by atoms with Crippen LogP contribution < -0.4 is 4.74 Å². The lowest BCUT2D eigenvalue weighted by atomic mass is 10.0. The lowest BCUT2D eigenvalue weighted by Gasteiger charge is -2.10. The van der Waals surface area contributed by atoms with E-state index in [1.807, 2.05) is 31.2 Å². The van der Waals surface area contributed by atoms with Gasteiger partial charge in [0.2, 0.25) is 5.78 Å².